The van der Waals surface area contributed by atoms with Gasteiger partial charge in [0.1, 0.15) is 16.2 Å². The van der Waals surface area contributed by atoms with Crippen LogP contribution in [-0.4, -0.2) is 15.7 Å². The predicted molar refractivity (Wildman–Crippen MR) is 104 cm³/mol. The standard InChI is InChI=1S/C20H22N2S2/c1-14-9-10-16-17(12-14)24-20-18(16)19(21-13-22-20)23-11-5-8-15-6-3-2-4-7-15/h2-4,6-7,13-14H,5,8-12H2,1H3/t14-/m0/s1. The van der Waals surface area contributed by atoms with Gasteiger partial charge in [-0.3, -0.25) is 0 Å². The van der Waals surface area contributed by atoms with Crippen molar-refractivity contribution in [3.8, 4) is 0 Å². The van der Waals surface area contributed by atoms with Gasteiger partial charge >= 0.3 is 0 Å². The van der Waals surface area contributed by atoms with E-state index >= 15 is 0 Å². The Balaban J connectivity index is 1.48. The van der Waals surface area contributed by atoms with Gasteiger partial charge < -0.3 is 0 Å². The van der Waals surface area contributed by atoms with Crippen molar-refractivity contribution in [3.05, 3.63) is 52.7 Å². The van der Waals surface area contributed by atoms with E-state index in [2.05, 4.69) is 47.2 Å². The number of aryl methyl sites for hydroxylation is 2. The summed E-state index contributed by atoms with van der Waals surface area (Å²) in [7, 11) is 0. The Hall–Kier alpha value is -1.39. The number of rotatable bonds is 5. The Morgan fingerprint density at radius 2 is 2.08 bits per heavy atom. The molecule has 0 saturated carbocycles. The lowest BCUT2D eigenvalue weighted by Gasteiger charge is -2.18. The molecule has 1 aliphatic carbocycles. The van der Waals surface area contributed by atoms with Gasteiger partial charge in [-0.2, -0.15) is 0 Å². The highest BCUT2D eigenvalue weighted by atomic mass is 32.2. The van der Waals surface area contributed by atoms with E-state index in [9.17, 15) is 0 Å². The van der Waals surface area contributed by atoms with E-state index in [4.69, 9.17) is 0 Å². The lowest BCUT2D eigenvalue weighted by atomic mass is 9.89. The number of thiophene rings is 1. The van der Waals surface area contributed by atoms with Crippen molar-refractivity contribution in [1.29, 1.82) is 0 Å². The van der Waals surface area contributed by atoms with Crippen LogP contribution in [0.25, 0.3) is 10.2 Å². The van der Waals surface area contributed by atoms with E-state index in [1.807, 2.05) is 23.1 Å². The molecule has 4 heteroatoms. The van der Waals surface area contributed by atoms with Crippen molar-refractivity contribution in [2.24, 2.45) is 5.92 Å². The van der Waals surface area contributed by atoms with Crippen molar-refractivity contribution in [1.82, 2.24) is 9.97 Å². The maximum Gasteiger partial charge on any atom is 0.128 e. The maximum atomic E-state index is 4.61. The van der Waals surface area contributed by atoms with Crippen LogP contribution < -0.4 is 0 Å². The Morgan fingerprint density at radius 1 is 1.21 bits per heavy atom. The maximum absolute atomic E-state index is 4.61. The van der Waals surface area contributed by atoms with E-state index in [1.54, 1.807) is 16.8 Å². The lowest BCUT2D eigenvalue weighted by molar-refractivity contribution is 0.509. The number of fused-ring (bicyclic) bond motifs is 3. The largest absolute Gasteiger partial charge is 0.229 e. The van der Waals surface area contributed by atoms with Crippen molar-refractivity contribution >= 4 is 33.3 Å². The first-order valence-corrected chi connectivity index (χ1v) is 10.5. The van der Waals surface area contributed by atoms with Crippen LogP contribution in [0.1, 0.15) is 35.8 Å². The number of aromatic nitrogens is 2. The summed E-state index contributed by atoms with van der Waals surface area (Å²) in [6, 6.07) is 10.7. The Bertz CT molecular complexity index is 826. The zero-order valence-corrected chi connectivity index (χ0v) is 15.6. The van der Waals surface area contributed by atoms with Crippen molar-refractivity contribution in [2.45, 2.75) is 44.1 Å². The molecule has 0 spiro atoms. The molecule has 0 fully saturated rings. The quantitative estimate of drug-likeness (QED) is 0.342. The van der Waals surface area contributed by atoms with Gasteiger partial charge in [0, 0.05) is 10.3 Å². The van der Waals surface area contributed by atoms with Gasteiger partial charge in [-0.05, 0) is 54.9 Å². The molecule has 3 aromatic rings. The summed E-state index contributed by atoms with van der Waals surface area (Å²) in [6.45, 7) is 2.36. The van der Waals surface area contributed by atoms with E-state index < -0.39 is 0 Å². The minimum absolute atomic E-state index is 0.806. The van der Waals surface area contributed by atoms with Gasteiger partial charge in [0.25, 0.3) is 0 Å². The van der Waals surface area contributed by atoms with Gasteiger partial charge in [-0.1, -0.05) is 37.3 Å². The summed E-state index contributed by atoms with van der Waals surface area (Å²) in [4.78, 5) is 11.9. The third kappa shape index (κ3) is 3.35. The molecule has 4 rings (SSSR count). The zero-order valence-electron chi connectivity index (χ0n) is 14.0. The third-order valence-electron chi connectivity index (χ3n) is 4.75. The topological polar surface area (TPSA) is 25.8 Å². The van der Waals surface area contributed by atoms with Crippen LogP contribution in [0, 0.1) is 5.92 Å². The second-order valence-electron chi connectivity index (χ2n) is 6.65. The fourth-order valence-corrected chi connectivity index (χ4v) is 5.83. The molecule has 2 aromatic heterocycles. The zero-order chi connectivity index (χ0) is 16.4. The van der Waals surface area contributed by atoms with Crippen LogP contribution in [0.5, 0.6) is 0 Å². The van der Waals surface area contributed by atoms with E-state index in [1.165, 1.54) is 46.5 Å². The highest BCUT2D eigenvalue weighted by Crippen LogP contribution is 2.40. The average molecular weight is 355 g/mol. The number of thioether (sulfide) groups is 1. The van der Waals surface area contributed by atoms with Gasteiger partial charge in [0.2, 0.25) is 0 Å². The first kappa shape index (κ1) is 16.1. The normalized spacial score (nSPS) is 17.1. The molecule has 2 heterocycles. The highest BCUT2D eigenvalue weighted by molar-refractivity contribution is 7.99. The molecular weight excluding hydrogens is 332 g/mol. The molecule has 0 aliphatic heterocycles. The summed E-state index contributed by atoms with van der Waals surface area (Å²) >= 11 is 3.79. The molecule has 0 saturated heterocycles. The predicted octanol–water partition coefficient (Wildman–Crippen LogP) is 5.54. The molecule has 0 radical (unpaired) electrons. The van der Waals surface area contributed by atoms with Gasteiger partial charge in [-0.25, -0.2) is 9.97 Å². The van der Waals surface area contributed by atoms with Gasteiger partial charge in [-0.15, -0.1) is 23.1 Å². The molecule has 0 N–H and O–H groups in total. The van der Waals surface area contributed by atoms with Crippen LogP contribution in [-0.2, 0) is 19.3 Å². The number of hydrogen-bond acceptors (Lipinski definition) is 4. The second-order valence-corrected chi connectivity index (χ2v) is 8.82. The molecule has 124 valence electrons. The van der Waals surface area contributed by atoms with E-state index in [0.717, 1.165) is 18.1 Å². The number of nitrogens with zero attached hydrogens (tertiary/aromatic N) is 2. The van der Waals surface area contributed by atoms with Crippen molar-refractivity contribution < 1.29 is 0 Å². The highest BCUT2D eigenvalue weighted by Gasteiger charge is 2.22. The van der Waals surface area contributed by atoms with Crippen LogP contribution in [0.15, 0.2) is 41.7 Å². The molecule has 2 nitrogen and oxygen atoms in total. The van der Waals surface area contributed by atoms with Crippen molar-refractivity contribution in [3.63, 3.8) is 0 Å². The van der Waals surface area contributed by atoms with Crippen molar-refractivity contribution in [2.75, 3.05) is 5.75 Å². The minimum atomic E-state index is 0.806. The Labute approximate surface area is 151 Å². The summed E-state index contributed by atoms with van der Waals surface area (Å²) in [5.74, 6) is 1.92. The summed E-state index contributed by atoms with van der Waals surface area (Å²) < 4.78 is 0. The first-order valence-electron chi connectivity index (χ1n) is 8.73. The Kier molecular flexibility index (Phi) is 4.86. The number of hydrogen-bond donors (Lipinski definition) is 0. The molecular formula is C20H22N2S2. The second kappa shape index (κ2) is 7.24. The average Bonchev–Trinajstić information content (AvgIpc) is 2.97. The molecule has 1 atom stereocenters. The van der Waals surface area contributed by atoms with Gasteiger partial charge in [0.15, 0.2) is 0 Å². The van der Waals surface area contributed by atoms with Crippen LogP contribution in [0.3, 0.4) is 0 Å². The van der Waals surface area contributed by atoms with Gasteiger partial charge in [0.05, 0.1) is 0 Å². The molecule has 0 amide bonds. The summed E-state index contributed by atoms with van der Waals surface area (Å²) in [6.07, 6.45) is 7.78. The minimum Gasteiger partial charge on any atom is -0.229 e. The fourth-order valence-electron chi connectivity index (χ4n) is 3.45. The van der Waals surface area contributed by atoms with E-state index in [-0.39, 0.29) is 0 Å². The smallest absolute Gasteiger partial charge is 0.128 e. The molecule has 1 aliphatic rings. The molecule has 1 aromatic carbocycles. The first-order chi connectivity index (χ1) is 11.8. The molecule has 24 heavy (non-hydrogen) atoms. The molecule has 0 bridgehead atoms. The fraction of sp³-hybridized carbons (Fsp3) is 0.400. The summed E-state index contributed by atoms with van der Waals surface area (Å²) in [5.41, 5.74) is 2.96. The number of benzene rings is 1. The van der Waals surface area contributed by atoms with Crippen LogP contribution in [0.4, 0.5) is 0 Å². The molecule has 0 unspecified atom stereocenters. The lowest BCUT2D eigenvalue weighted by Crippen LogP contribution is -2.08. The SMILES string of the molecule is C[C@H]1CCc2c(sc3ncnc(SCCCc4ccccc4)c23)C1. The van der Waals surface area contributed by atoms with Crippen LogP contribution in [0.2, 0.25) is 0 Å². The third-order valence-corrected chi connectivity index (χ3v) is 6.99. The Morgan fingerprint density at radius 3 is 2.96 bits per heavy atom. The summed E-state index contributed by atoms with van der Waals surface area (Å²) in [5, 5.41) is 2.55. The van der Waals surface area contributed by atoms with Crippen LogP contribution >= 0.6 is 23.1 Å². The monoisotopic (exact) mass is 354 g/mol. The van der Waals surface area contributed by atoms with E-state index in [0.29, 0.717) is 0 Å².